The van der Waals surface area contributed by atoms with E-state index in [1.54, 1.807) is 18.3 Å². The summed E-state index contributed by atoms with van der Waals surface area (Å²) in [5, 5.41) is 0.806. The molecule has 0 radical (unpaired) electrons. The monoisotopic (exact) mass is 350 g/mol. The maximum Gasteiger partial charge on any atom is 0.337 e. The molecule has 5 heteroatoms. The van der Waals surface area contributed by atoms with Crippen molar-refractivity contribution in [2.75, 3.05) is 18.6 Å². The zero-order chi connectivity index (χ0) is 18.1. The number of carbonyl (C=O) groups is 1. The Morgan fingerprint density at radius 1 is 1.27 bits per heavy atom. The van der Waals surface area contributed by atoms with Crippen LogP contribution in [0, 0.1) is 5.82 Å². The fourth-order valence-corrected chi connectivity index (χ4v) is 3.64. The Hall–Kier alpha value is -2.95. The minimum Gasteiger partial charge on any atom is -0.465 e. The average molecular weight is 350 g/mol. The second-order valence-corrected chi connectivity index (χ2v) is 6.50. The number of nitrogens with zero attached hydrogens (tertiary/aromatic N) is 2. The topological polar surface area (TPSA) is 42.4 Å². The number of ether oxygens (including phenoxy) is 1. The van der Waals surface area contributed by atoms with E-state index in [1.807, 2.05) is 24.3 Å². The molecule has 1 aliphatic rings. The number of carbonyl (C=O) groups excluding carboxylic acids is 1. The Balaban J connectivity index is 1.70. The third-order valence-electron chi connectivity index (χ3n) is 4.83. The van der Waals surface area contributed by atoms with Crippen LogP contribution in [0.15, 0.2) is 48.7 Å². The fraction of sp³-hybridized carbons (Fsp3) is 0.238. The SMILES string of the molecule is COC(=O)c1ccc2c(c1)CCCN2Cc1cc(F)cc2cccnc12. The van der Waals surface area contributed by atoms with Gasteiger partial charge in [0, 0.05) is 35.9 Å². The Bertz CT molecular complexity index is 987. The highest BCUT2D eigenvalue weighted by Crippen LogP contribution is 2.31. The number of hydrogen-bond donors (Lipinski definition) is 0. The van der Waals surface area contributed by atoms with Gasteiger partial charge in [0.2, 0.25) is 0 Å². The van der Waals surface area contributed by atoms with Crippen molar-refractivity contribution in [2.45, 2.75) is 19.4 Å². The molecule has 26 heavy (non-hydrogen) atoms. The van der Waals surface area contributed by atoms with Crippen LogP contribution in [0.2, 0.25) is 0 Å². The maximum atomic E-state index is 14.0. The summed E-state index contributed by atoms with van der Waals surface area (Å²) in [6.45, 7) is 1.46. The van der Waals surface area contributed by atoms with Gasteiger partial charge in [-0.15, -0.1) is 0 Å². The number of methoxy groups -OCH3 is 1. The molecule has 132 valence electrons. The molecule has 1 aliphatic heterocycles. The van der Waals surface area contributed by atoms with Gasteiger partial charge in [-0.25, -0.2) is 9.18 Å². The number of pyridine rings is 1. The van der Waals surface area contributed by atoms with Gasteiger partial charge >= 0.3 is 5.97 Å². The molecule has 0 N–H and O–H groups in total. The molecule has 0 spiro atoms. The van der Waals surface area contributed by atoms with Gasteiger partial charge in [0.25, 0.3) is 0 Å². The van der Waals surface area contributed by atoms with Crippen LogP contribution in [0.4, 0.5) is 10.1 Å². The van der Waals surface area contributed by atoms with Gasteiger partial charge in [0.1, 0.15) is 5.82 Å². The largest absolute Gasteiger partial charge is 0.465 e. The van der Waals surface area contributed by atoms with E-state index >= 15 is 0 Å². The second kappa shape index (κ2) is 6.75. The smallest absolute Gasteiger partial charge is 0.337 e. The maximum absolute atomic E-state index is 14.0. The number of aromatic nitrogens is 1. The van der Waals surface area contributed by atoms with Gasteiger partial charge < -0.3 is 9.64 Å². The number of halogens is 1. The highest BCUT2D eigenvalue weighted by Gasteiger charge is 2.20. The Morgan fingerprint density at radius 3 is 3.00 bits per heavy atom. The lowest BCUT2D eigenvalue weighted by atomic mass is 9.98. The van der Waals surface area contributed by atoms with Crippen molar-refractivity contribution in [3.8, 4) is 0 Å². The van der Waals surface area contributed by atoms with E-state index < -0.39 is 0 Å². The van der Waals surface area contributed by atoms with Gasteiger partial charge in [-0.05, 0) is 54.8 Å². The molecule has 0 atom stereocenters. The number of anilines is 1. The molecule has 2 heterocycles. The Morgan fingerprint density at radius 2 is 2.15 bits per heavy atom. The van der Waals surface area contributed by atoms with Crippen molar-refractivity contribution in [1.29, 1.82) is 0 Å². The summed E-state index contributed by atoms with van der Waals surface area (Å²) in [6.07, 6.45) is 3.63. The first-order chi connectivity index (χ1) is 12.7. The predicted octanol–water partition coefficient (Wildman–Crippen LogP) is 4.11. The van der Waals surface area contributed by atoms with Gasteiger partial charge in [0.15, 0.2) is 0 Å². The van der Waals surface area contributed by atoms with Crippen molar-refractivity contribution < 1.29 is 13.9 Å². The lowest BCUT2D eigenvalue weighted by Crippen LogP contribution is -2.29. The predicted molar refractivity (Wildman–Crippen MR) is 98.9 cm³/mol. The first-order valence-corrected chi connectivity index (χ1v) is 8.65. The summed E-state index contributed by atoms with van der Waals surface area (Å²) < 4.78 is 18.8. The summed E-state index contributed by atoms with van der Waals surface area (Å²) in [5.74, 6) is -0.580. The molecule has 4 rings (SSSR count). The van der Waals surface area contributed by atoms with Crippen LogP contribution < -0.4 is 4.90 Å². The lowest BCUT2D eigenvalue weighted by Gasteiger charge is -2.32. The van der Waals surface area contributed by atoms with E-state index in [0.717, 1.165) is 47.1 Å². The van der Waals surface area contributed by atoms with Gasteiger partial charge in [-0.2, -0.15) is 0 Å². The molecule has 0 unspecified atom stereocenters. The Labute approximate surface area is 151 Å². The highest BCUT2D eigenvalue weighted by molar-refractivity contribution is 5.90. The van der Waals surface area contributed by atoms with E-state index in [9.17, 15) is 9.18 Å². The van der Waals surface area contributed by atoms with Crippen molar-refractivity contribution in [3.63, 3.8) is 0 Å². The van der Waals surface area contributed by atoms with Crippen LogP contribution in [0.1, 0.15) is 27.9 Å². The third-order valence-corrected chi connectivity index (χ3v) is 4.83. The summed E-state index contributed by atoms with van der Waals surface area (Å²) in [7, 11) is 1.39. The average Bonchev–Trinajstić information content (AvgIpc) is 2.67. The molecule has 1 aromatic heterocycles. The van der Waals surface area contributed by atoms with Gasteiger partial charge in [-0.1, -0.05) is 6.07 Å². The van der Waals surface area contributed by atoms with Crippen LogP contribution in [-0.4, -0.2) is 24.6 Å². The van der Waals surface area contributed by atoms with E-state index in [2.05, 4.69) is 9.88 Å². The summed E-state index contributed by atoms with van der Waals surface area (Å²) in [4.78, 5) is 18.4. The highest BCUT2D eigenvalue weighted by atomic mass is 19.1. The minimum absolute atomic E-state index is 0.251. The number of benzene rings is 2. The normalized spacial score (nSPS) is 13.5. The number of rotatable bonds is 3. The van der Waals surface area contributed by atoms with Crippen LogP contribution in [-0.2, 0) is 17.7 Å². The molecule has 3 aromatic rings. The number of aryl methyl sites for hydroxylation is 1. The second-order valence-electron chi connectivity index (χ2n) is 6.50. The van der Waals surface area contributed by atoms with Crippen LogP contribution in [0.5, 0.6) is 0 Å². The molecule has 0 saturated carbocycles. The molecule has 0 aliphatic carbocycles. The summed E-state index contributed by atoms with van der Waals surface area (Å²) in [5.41, 5.74) is 4.45. The van der Waals surface area contributed by atoms with E-state index in [4.69, 9.17) is 4.74 Å². The van der Waals surface area contributed by atoms with E-state index in [-0.39, 0.29) is 11.8 Å². The van der Waals surface area contributed by atoms with Crippen molar-refractivity contribution in [2.24, 2.45) is 0 Å². The molecular formula is C21H19FN2O2. The van der Waals surface area contributed by atoms with E-state index in [1.165, 1.54) is 13.2 Å². The lowest BCUT2D eigenvalue weighted by molar-refractivity contribution is 0.0600. The van der Waals surface area contributed by atoms with Crippen molar-refractivity contribution >= 4 is 22.6 Å². The molecule has 0 saturated heterocycles. The molecule has 4 nitrogen and oxygen atoms in total. The Kier molecular flexibility index (Phi) is 4.29. The first kappa shape index (κ1) is 16.5. The number of hydrogen-bond acceptors (Lipinski definition) is 4. The van der Waals surface area contributed by atoms with E-state index in [0.29, 0.717) is 12.1 Å². The minimum atomic E-state index is -0.328. The number of fused-ring (bicyclic) bond motifs is 2. The standard InChI is InChI=1S/C21H19FN2O2/c1-26-21(25)16-6-7-19-14(10-16)5-3-9-24(19)13-17-12-18(22)11-15-4-2-8-23-20(15)17/h2,4,6-8,10-12H,3,5,9,13H2,1H3. The van der Waals surface area contributed by atoms with Crippen molar-refractivity contribution in [3.05, 3.63) is 71.2 Å². The molecule has 0 bridgehead atoms. The molecule has 2 aromatic carbocycles. The zero-order valence-electron chi connectivity index (χ0n) is 14.5. The van der Waals surface area contributed by atoms with Crippen LogP contribution >= 0.6 is 0 Å². The third kappa shape index (κ3) is 3.01. The van der Waals surface area contributed by atoms with Crippen molar-refractivity contribution in [1.82, 2.24) is 4.98 Å². The van der Waals surface area contributed by atoms with Crippen LogP contribution in [0.25, 0.3) is 10.9 Å². The molecule has 0 fully saturated rings. The quantitative estimate of drug-likeness (QED) is 0.667. The van der Waals surface area contributed by atoms with Crippen LogP contribution in [0.3, 0.4) is 0 Å². The molecular weight excluding hydrogens is 331 g/mol. The fourth-order valence-electron chi connectivity index (χ4n) is 3.64. The molecule has 0 amide bonds. The summed E-state index contributed by atoms with van der Waals surface area (Å²) in [6, 6.07) is 12.4. The number of esters is 1. The summed E-state index contributed by atoms with van der Waals surface area (Å²) >= 11 is 0. The van der Waals surface area contributed by atoms with Gasteiger partial charge in [0.05, 0.1) is 18.2 Å². The van der Waals surface area contributed by atoms with Gasteiger partial charge in [-0.3, -0.25) is 4.98 Å². The first-order valence-electron chi connectivity index (χ1n) is 8.65. The zero-order valence-corrected chi connectivity index (χ0v) is 14.5.